The molecule has 3 heterocycles. The van der Waals surface area contributed by atoms with Crippen molar-refractivity contribution < 1.29 is 27.6 Å². The fourth-order valence-electron chi connectivity index (χ4n) is 3.81. The monoisotopic (exact) mass is 583 g/mol. The molecule has 0 radical (unpaired) electrons. The summed E-state index contributed by atoms with van der Waals surface area (Å²) in [6, 6.07) is 0. The van der Waals surface area contributed by atoms with E-state index < -0.39 is 33.8 Å². The van der Waals surface area contributed by atoms with Crippen LogP contribution >= 0.6 is 7.60 Å². The lowest BCUT2D eigenvalue weighted by molar-refractivity contribution is -0.118. The van der Waals surface area contributed by atoms with E-state index in [-0.39, 0.29) is 53.3 Å². The summed E-state index contributed by atoms with van der Waals surface area (Å²) in [4.78, 5) is 36.2. The molecule has 1 unspecified atom stereocenters. The van der Waals surface area contributed by atoms with E-state index in [4.69, 9.17) is 18.2 Å². The van der Waals surface area contributed by atoms with Gasteiger partial charge in [-0.2, -0.15) is 4.98 Å². The van der Waals surface area contributed by atoms with Crippen molar-refractivity contribution in [2.24, 2.45) is 5.92 Å². The molecule has 39 heavy (non-hydrogen) atoms. The van der Waals surface area contributed by atoms with Gasteiger partial charge in [-0.05, 0) is 38.1 Å². The molecule has 0 bridgehead atoms. The Bertz CT molecular complexity index is 1290. The molecule has 1 aliphatic rings. The molecule has 0 aliphatic carbocycles. The highest BCUT2D eigenvalue weighted by molar-refractivity contribution is 7.57. The van der Waals surface area contributed by atoms with E-state index in [0.717, 1.165) is 0 Å². The summed E-state index contributed by atoms with van der Waals surface area (Å²) in [5, 5.41) is 2.58. The van der Waals surface area contributed by atoms with Gasteiger partial charge in [0.15, 0.2) is 19.5 Å². The van der Waals surface area contributed by atoms with Gasteiger partial charge in [0.2, 0.25) is 11.9 Å². The molecule has 0 saturated carbocycles. The van der Waals surface area contributed by atoms with E-state index >= 15 is 0 Å². The van der Waals surface area contributed by atoms with Crippen LogP contribution in [0, 0.1) is 5.92 Å². The quantitative estimate of drug-likeness (QED) is 0.270. The molecule has 1 amide bonds. The molecule has 218 valence electrons. The van der Waals surface area contributed by atoms with E-state index in [2.05, 4.69) is 54.1 Å². The lowest BCUT2D eigenvalue weighted by Gasteiger charge is -2.39. The highest BCUT2D eigenvalue weighted by Crippen LogP contribution is 2.50. The van der Waals surface area contributed by atoms with Gasteiger partial charge >= 0.3 is 7.60 Å². The van der Waals surface area contributed by atoms with Crippen molar-refractivity contribution in [1.29, 1.82) is 0 Å². The largest absolute Gasteiger partial charge is 0.411 e. The topological polar surface area (TPSA) is 147 Å². The van der Waals surface area contributed by atoms with Crippen molar-refractivity contribution in [2.45, 2.75) is 91.5 Å². The number of fused-ring (bicyclic) bond motifs is 1. The fraction of sp³-hybridized carbons (Fsp3) is 0.680. The molecule has 3 rings (SSSR count). The van der Waals surface area contributed by atoms with Crippen LogP contribution in [0.3, 0.4) is 0 Å². The number of nitrogens with one attached hydrogen (secondary N) is 2. The number of carbonyl (C=O) groups is 1. The second-order valence-corrected chi connectivity index (χ2v) is 18.0. The summed E-state index contributed by atoms with van der Waals surface area (Å²) < 4.78 is 38.7. The van der Waals surface area contributed by atoms with Crippen LogP contribution in [0.2, 0.25) is 18.1 Å². The second kappa shape index (κ2) is 12.2. The third-order valence-electron chi connectivity index (χ3n) is 6.95. The number of ether oxygens (including phenoxy) is 1. The Morgan fingerprint density at radius 1 is 1.31 bits per heavy atom. The van der Waals surface area contributed by atoms with Gasteiger partial charge in [-0.1, -0.05) is 34.6 Å². The summed E-state index contributed by atoms with van der Waals surface area (Å²) >= 11 is 0. The zero-order valence-electron chi connectivity index (χ0n) is 24.3. The predicted octanol–water partition coefficient (Wildman–Crippen LogP) is 5.17. The maximum atomic E-state index is 13.1. The third-order valence-corrected chi connectivity index (χ3v) is 13.2. The van der Waals surface area contributed by atoms with Crippen molar-refractivity contribution in [3.05, 3.63) is 28.6 Å². The van der Waals surface area contributed by atoms with Gasteiger partial charge in [0.05, 0.1) is 25.6 Å². The molecule has 1 saturated heterocycles. The Labute approximate surface area is 230 Å². The second-order valence-electron chi connectivity index (χ2n) is 11.3. The molecule has 12 nitrogen and oxygen atoms in total. The molecule has 0 aromatic carbocycles. The Kier molecular flexibility index (Phi) is 9.78. The van der Waals surface area contributed by atoms with Crippen molar-refractivity contribution in [1.82, 2.24) is 19.5 Å². The van der Waals surface area contributed by atoms with Crippen LogP contribution in [0.4, 0.5) is 5.95 Å². The van der Waals surface area contributed by atoms with E-state index in [1.54, 1.807) is 38.3 Å². The maximum Gasteiger partial charge on any atom is 0.353 e. The SMILES string of the molecule is CCOP(=O)(/C=C/[C@H]1O[C@@H](n2cnc3c(=O)[nH]c(NC(=O)C(C)C)nc32)CC1O[Si](C)(C)C(C)(C)C)OCC. The van der Waals surface area contributed by atoms with Crippen molar-refractivity contribution in [2.75, 3.05) is 18.5 Å². The molecule has 3 atom stereocenters. The maximum absolute atomic E-state index is 13.1. The Balaban J connectivity index is 1.99. The molecule has 1 aliphatic heterocycles. The highest BCUT2D eigenvalue weighted by atomic mass is 31.2. The average Bonchev–Trinajstić information content (AvgIpc) is 3.41. The zero-order valence-corrected chi connectivity index (χ0v) is 26.2. The lowest BCUT2D eigenvalue weighted by atomic mass is 10.2. The minimum absolute atomic E-state index is 0.0332. The zero-order chi connectivity index (χ0) is 29.2. The van der Waals surface area contributed by atoms with Crippen molar-refractivity contribution in [3.8, 4) is 0 Å². The third kappa shape index (κ3) is 7.33. The predicted molar refractivity (Wildman–Crippen MR) is 152 cm³/mol. The smallest absolute Gasteiger partial charge is 0.353 e. The molecule has 2 N–H and O–H groups in total. The van der Waals surface area contributed by atoms with Crippen LogP contribution in [0.25, 0.3) is 11.2 Å². The average molecular weight is 584 g/mol. The Morgan fingerprint density at radius 2 is 1.95 bits per heavy atom. The summed E-state index contributed by atoms with van der Waals surface area (Å²) in [7, 11) is -5.68. The number of imidazole rings is 1. The van der Waals surface area contributed by atoms with Gasteiger partial charge in [0.25, 0.3) is 5.56 Å². The standard InChI is InChI=1S/C25H42N5O7PSi/c1-10-34-38(33,35-11-2)13-12-17-18(37-39(8,9)25(5,6)7)14-19(36-17)30-15-26-20-21(30)27-24(29-23(20)32)28-22(31)16(3)4/h12-13,15-19H,10-11,14H2,1-9H3,(H2,27,28,29,31,32)/b13-12+/t17-,18?,19-/m1/s1. The first-order chi connectivity index (χ1) is 18.1. The number of carbonyl (C=O) groups excluding carboxylic acids is 1. The number of aromatic nitrogens is 4. The van der Waals surface area contributed by atoms with Gasteiger partial charge < -0.3 is 18.2 Å². The molecular weight excluding hydrogens is 541 g/mol. The van der Waals surface area contributed by atoms with Gasteiger partial charge in [-0.3, -0.25) is 29.0 Å². The first-order valence-electron chi connectivity index (χ1n) is 13.3. The molecule has 2 aromatic heterocycles. The highest BCUT2D eigenvalue weighted by Gasteiger charge is 2.45. The van der Waals surface area contributed by atoms with Crippen molar-refractivity contribution >= 4 is 38.9 Å². The summed E-state index contributed by atoms with van der Waals surface area (Å²) in [6.07, 6.45) is 2.08. The number of amides is 1. The number of H-pyrrole nitrogens is 1. The minimum atomic E-state index is -3.46. The van der Waals surface area contributed by atoms with Crippen LogP contribution in [-0.4, -0.2) is 59.2 Å². The number of aromatic amines is 1. The van der Waals surface area contributed by atoms with Gasteiger partial charge in [0.1, 0.15) is 12.3 Å². The first-order valence-corrected chi connectivity index (χ1v) is 17.8. The van der Waals surface area contributed by atoms with E-state index in [9.17, 15) is 14.2 Å². The molecule has 2 aromatic rings. The molecule has 1 fully saturated rings. The molecule has 14 heteroatoms. The normalized spacial score (nSPS) is 20.9. The van der Waals surface area contributed by atoms with Crippen LogP contribution in [-0.2, 0) is 27.6 Å². The Morgan fingerprint density at radius 3 is 2.51 bits per heavy atom. The van der Waals surface area contributed by atoms with Crippen LogP contribution in [0.1, 0.15) is 61.1 Å². The van der Waals surface area contributed by atoms with E-state index in [1.807, 2.05) is 0 Å². The van der Waals surface area contributed by atoms with Crippen LogP contribution in [0.15, 0.2) is 23.0 Å². The van der Waals surface area contributed by atoms with Gasteiger partial charge in [-0.15, -0.1) is 0 Å². The summed E-state index contributed by atoms with van der Waals surface area (Å²) in [6.45, 7) is 18.2. The van der Waals surface area contributed by atoms with Gasteiger partial charge in [-0.25, -0.2) is 4.98 Å². The summed E-state index contributed by atoms with van der Waals surface area (Å²) in [5.41, 5.74) is -0.0808. The van der Waals surface area contributed by atoms with E-state index in [0.29, 0.717) is 6.42 Å². The lowest BCUT2D eigenvalue weighted by Crippen LogP contribution is -2.45. The van der Waals surface area contributed by atoms with Gasteiger partial charge in [0, 0.05) is 18.2 Å². The first kappa shape index (κ1) is 31.4. The van der Waals surface area contributed by atoms with Crippen LogP contribution in [0.5, 0.6) is 0 Å². The fourth-order valence-corrected chi connectivity index (χ4v) is 6.49. The minimum Gasteiger partial charge on any atom is -0.411 e. The molecule has 0 spiro atoms. The number of anilines is 1. The Hall–Kier alpha value is -2.15. The number of nitrogens with zero attached hydrogens (tertiary/aromatic N) is 3. The number of rotatable bonds is 11. The van der Waals surface area contributed by atoms with Crippen LogP contribution < -0.4 is 10.9 Å². The number of hydrogen-bond acceptors (Lipinski definition) is 9. The van der Waals surface area contributed by atoms with E-state index in [1.165, 1.54) is 12.1 Å². The molecular formula is C25H42N5O7PSi. The van der Waals surface area contributed by atoms with Crippen molar-refractivity contribution in [3.63, 3.8) is 0 Å². The number of hydrogen-bond donors (Lipinski definition) is 2. The summed E-state index contributed by atoms with van der Waals surface area (Å²) in [5.74, 6) is 0.899.